The van der Waals surface area contributed by atoms with Gasteiger partial charge < -0.3 is 20.9 Å². The molecule has 186 valence electrons. The molecular formula is C25H34Cl2N4O3. The number of carbonyl (C=O) groups excluding carboxylic acids is 3. The molecular weight excluding hydrogens is 475 g/mol. The van der Waals surface area contributed by atoms with Gasteiger partial charge in [-0.25, -0.2) is 0 Å². The van der Waals surface area contributed by atoms with Gasteiger partial charge >= 0.3 is 0 Å². The highest BCUT2D eigenvalue weighted by atomic mass is 35.5. The molecule has 34 heavy (non-hydrogen) atoms. The summed E-state index contributed by atoms with van der Waals surface area (Å²) in [5.41, 5.74) is 6.38. The van der Waals surface area contributed by atoms with E-state index in [0.717, 1.165) is 57.8 Å². The maximum absolute atomic E-state index is 13.6. The highest BCUT2D eigenvalue weighted by Gasteiger charge is 2.43. The monoisotopic (exact) mass is 508 g/mol. The average Bonchev–Trinajstić information content (AvgIpc) is 2.86. The molecule has 1 aromatic carbocycles. The van der Waals surface area contributed by atoms with Crippen molar-refractivity contribution in [1.29, 1.82) is 0 Å². The molecule has 0 radical (unpaired) electrons. The van der Waals surface area contributed by atoms with E-state index in [1.807, 2.05) is 0 Å². The Bertz CT molecular complexity index is 913. The lowest BCUT2D eigenvalue weighted by Crippen LogP contribution is -2.65. The second kappa shape index (κ2) is 11.3. The highest BCUT2D eigenvalue weighted by molar-refractivity contribution is 6.42. The molecule has 3 N–H and O–H groups in total. The fourth-order valence-corrected chi connectivity index (χ4v) is 5.77. The highest BCUT2D eigenvalue weighted by Crippen LogP contribution is 2.30. The van der Waals surface area contributed by atoms with Crippen molar-refractivity contribution >= 4 is 40.9 Å². The minimum atomic E-state index is -0.972. The molecule has 1 saturated heterocycles. The van der Waals surface area contributed by atoms with Crippen molar-refractivity contribution in [3.8, 4) is 0 Å². The number of carbonyl (C=O) groups is 3. The first kappa shape index (κ1) is 25.3. The lowest BCUT2D eigenvalue weighted by Gasteiger charge is -2.45. The number of nitrogens with one attached hydrogen (secondary N) is 1. The van der Waals surface area contributed by atoms with E-state index in [1.54, 1.807) is 17.0 Å². The molecule has 3 aliphatic rings. The van der Waals surface area contributed by atoms with Crippen molar-refractivity contribution in [3.63, 3.8) is 0 Å². The normalized spacial score (nSPS) is 26.3. The van der Waals surface area contributed by atoms with E-state index in [-0.39, 0.29) is 40.7 Å². The smallest absolute Gasteiger partial charge is 0.264 e. The van der Waals surface area contributed by atoms with E-state index in [2.05, 4.69) is 5.32 Å². The van der Waals surface area contributed by atoms with Crippen molar-refractivity contribution < 1.29 is 14.4 Å². The van der Waals surface area contributed by atoms with Gasteiger partial charge in [-0.2, -0.15) is 0 Å². The third-order valence-corrected chi connectivity index (χ3v) is 8.15. The van der Waals surface area contributed by atoms with Crippen LogP contribution in [0.4, 0.5) is 0 Å². The molecule has 3 amide bonds. The molecule has 0 aromatic heterocycles. The van der Waals surface area contributed by atoms with Gasteiger partial charge in [-0.05, 0) is 63.1 Å². The van der Waals surface area contributed by atoms with E-state index >= 15 is 0 Å². The Morgan fingerprint density at radius 2 is 1.53 bits per heavy atom. The van der Waals surface area contributed by atoms with Gasteiger partial charge in [-0.15, -0.1) is 0 Å². The zero-order chi connectivity index (χ0) is 24.2. The summed E-state index contributed by atoms with van der Waals surface area (Å²) in [4.78, 5) is 43.9. The second-order valence-electron chi connectivity index (χ2n) is 9.84. The summed E-state index contributed by atoms with van der Waals surface area (Å²) in [6, 6.07) is 4.87. The van der Waals surface area contributed by atoms with Crippen LogP contribution in [0.5, 0.6) is 0 Å². The van der Waals surface area contributed by atoms with Crippen molar-refractivity contribution in [2.24, 2.45) is 11.7 Å². The zero-order valence-electron chi connectivity index (χ0n) is 19.5. The minimum absolute atomic E-state index is 0.00258. The Hall–Kier alpha value is -1.83. The maximum atomic E-state index is 13.6. The Kier molecular flexibility index (Phi) is 8.38. The van der Waals surface area contributed by atoms with Gasteiger partial charge in [0.1, 0.15) is 0 Å². The first-order chi connectivity index (χ1) is 16.3. The Balaban J connectivity index is 1.59. The van der Waals surface area contributed by atoms with Crippen LogP contribution in [0.25, 0.3) is 0 Å². The molecule has 0 spiro atoms. The first-order valence-corrected chi connectivity index (χ1v) is 13.2. The molecule has 4 rings (SSSR count). The fraction of sp³-hybridized carbons (Fsp3) is 0.640. The van der Waals surface area contributed by atoms with Crippen molar-refractivity contribution in [1.82, 2.24) is 15.1 Å². The van der Waals surface area contributed by atoms with Crippen LogP contribution in [0.1, 0.15) is 74.6 Å². The molecule has 7 nitrogen and oxygen atoms in total. The van der Waals surface area contributed by atoms with Crippen LogP contribution in [-0.2, 0) is 9.59 Å². The number of hydrogen-bond donors (Lipinski definition) is 2. The van der Waals surface area contributed by atoms with E-state index in [1.165, 1.54) is 11.0 Å². The van der Waals surface area contributed by atoms with Crippen molar-refractivity contribution in [3.05, 3.63) is 33.8 Å². The van der Waals surface area contributed by atoms with Crippen LogP contribution >= 0.6 is 23.2 Å². The van der Waals surface area contributed by atoms with Crippen LogP contribution in [0, 0.1) is 5.92 Å². The van der Waals surface area contributed by atoms with E-state index < -0.39 is 6.17 Å². The summed E-state index contributed by atoms with van der Waals surface area (Å²) < 4.78 is 0. The Labute approximate surface area is 211 Å². The number of hydrogen-bond acceptors (Lipinski definition) is 4. The van der Waals surface area contributed by atoms with Gasteiger partial charge in [-0.3, -0.25) is 14.4 Å². The van der Waals surface area contributed by atoms with Gasteiger partial charge in [0.2, 0.25) is 5.91 Å². The third-order valence-electron chi connectivity index (χ3n) is 7.41. The SMILES string of the molecule is NC1CCC(NC(=O)C2N(C(=O)c3ccc(Cl)c(Cl)c3)CCCN2C(=O)C2CCCCC2)CC1. The first-order valence-electron chi connectivity index (χ1n) is 12.5. The predicted molar refractivity (Wildman–Crippen MR) is 133 cm³/mol. The largest absolute Gasteiger partial charge is 0.350 e. The fourth-order valence-electron chi connectivity index (χ4n) is 5.47. The van der Waals surface area contributed by atoms with Crippen LogP contribution in [-0.4, -0.2) is 58.9 Å². The summed E-state index contributed by atoms with van der Waals surface area (Å²) in [6.45, 7) is 0.856. The van der Waals surface area contributed by atoms with Crippen LogP contribution < -0.4 is 11.1 Å². The molecule has 2 saturated carbocycles. The third kappa shape index (κ3) is 5.69. The van der Waals surface area contributed by atoms with Crippen LogP contribution in [0.15, 0.2) is 18.2 Å². The van der Waals surface area contributed by atoms with E-state index in [4.69, 9.17) is 28.9 Å². The summed E-state index contributed by atoms with van der Waals surface area (Å²) in [5, 5.41) is 3.76. The number of amides is 3. The minimum Gasteiger partial charge on any atom is -0.350 e. The van der Waals surface area contributed by atoms with Crippen LogP contribution in [0.3, 0.4) is 0 Å². The van der Waals surface area contributed by atoms with Crippen LogP contribution in [0.2, 0.25) is 10.0 Å². The molecule has 1 aromatic rings. The van der Waals surface area contributed by atoms with E-state index in [9.17, 15) is 14.4 Å². The molecule has 1 aliphatic heterocycles. The van der Waals surface area contributed by atoms with Gasteiger partial charge in [0.25, 0.3) is 11.8 Å². The van der Waals surface area contributed by atoms with Crippen molar-refractivity contribution in [2.75, 3.05) is 13.1 Å². The predicted octanol–water partition coefficient (Wildman–Crippen LogP) is 3.96. The molecule has 2 aliphatic carbocycles. The van der Waals surface area contributed by atoms with Gasteiger partial charge in [0.15, 0.2) is 6.17 Å². The molecule has 9 heteroatoms. The lowest BCUT2D eigenvalue weighted by atomic mass is 9.87. The average molecular weight is 509 g/mol. The number of nitrogens with two attached hydrogens (primary N) is 1. The molecule has 3 fully saturated rings. The lowest BCUT2D eigenvalue weighted by molar-refractivity contribution is -0.153. The zero-order valence-corrected chi connectivity index (χ0v) is 21.0. The summed E-state index contributed by atoms with van der Waals surface area (Å²) in [5.74, 6) is -0.725. The summed E-state index contributed by atoms with van der Waals surface area (Å²) in [7, 11) is 0. The Morgan fingerprint density at radius 1 is 0.853 bits per heavy atom. The maximum Gasteiger partial charge on any atom is 0.264 e. The van der Waals surface area contributed by atoms with Crippen molar-refractivity contribution in [2.45, 2.75) is 82.5 Å². The quantitative estimate of drug-likeness (QED) is 0.643. The molecule has 1 unspecified atom stereocenters. The number of nitrogens with zero attached hydrogens (tertiary/aromatic N) is 2. The summed E-state index contributed by atoms with van der Waals surface area (Å²) >= 11 is 12.2. The van der Waals surface area contributed by atoms with Gasteiger partial charge in [0.05, 0.1) is 10.0 Å². The number of rotatable bonds is 4. The molecule has 1 atom stereocenters. The van der Waals surface area contributed by atoms with Gasteiger partial charge in [0, 0.05) is 36.7 Å². The number of benzene rings is 1. The van der Waals surface area contributed by atoms with E-state index in [0.29, 0.717) is 30.1 Å². The molecule has 1 heterocycles. The topological polar surface area (TPSA) is 95.7 Å². The second-order valence-corrected chi connectivity index (χ2v) is 10.7. The Morgan fingerprint density at radius 3 is 2.21 bits per heavy atom. The van der Waals surface area contributed by atoms with Gasteiger partial charge in [-0.1, -0.05) is 42.5 Å². The summed E-state index contributed by atoms with van der Waals surface area (Å²) in [6.07, 6.45) is 7.82. The standard InChI is InChI=1S/C25H34Cl2N4O3/c26-20-12-7-17(15-21(20)27)25(34)31-14-4-13-30(24(33)16-5-2-1-3-6-16)23(31)22(32)29-19-10-8-18(28)9-11-19/h7,12,15-16,18-19,23H,1-6,8-11,13-14,28H2,(H,29,32). The number of halogens is 2. The molecule has 0 bridgehead atoms.